The number of benzene rings is 12. The predicted molar refractivity (Wildman–Crippen MR) is 362 cm³/mol. The molecule has 0 unspecified atom stereocenters. The van der Waals surface area contributed by atoms with E-state index in [1.54, 1.807) is 0 Å². The third-order valence-corrected chi connectivity index (χ3v) is 16.8. The van der Waals surface area contributed by atoms with Gasteiger partial charge in [-0.1, -0.05) is 188 Å². The minimum absolute atomic E-state index is 0.819. The molecule has 12 aromatic rings. The first-order valence-electron chi connectivity index (χ1n) is 29.5. The summed E-state index contributed by atoms with van der Waals surface area (Å²) in [6, 6.07) is 93.1. The smallest absolute Gasteiger partial charge is 0.151 e. The molecule has 0 radical (unpaired) electrons. The number of allylic oxidation sites excluding steroid dienone is 3. The summed E-state index contributed by atoms with van der Waals surface area (Å²) < 4.78 is 13.2. The molecule has 412 valence electrons. The van der Waals surface area contributed by atoms with Crippen molar-refractivity contribution in [3.8, 4) is 45.3 Å². The predicted octanol–water partition coefficient (Wildman–Crippen LogP) is 22.3. The van der Waals surface area contributed by atoms with Gasteiger partial charge in [0.15, 0.2) is 23.0 Å². The fourth-order valence-corrected chi connectivity index (χ4v) is 12.5. The van der Waals surface area contributed by atoms with Crippen LogP contribution in [0.2, 0.25) is 0 Å². The zero-order valence-corrected chi connectivity index (χ0v) is 47.9. The molecule has 0 atom stereocenters. The first kappa shape index (κ1) is 51.8. The largest absolute Gasteiger partial charge is 0.453 e. The Morgan fingerprint density at radius 1 is 0.326 bits per heavy atom. The molecule has 86 heavy (non-hydrogen) atoms. The van der Waals surface area contributed by atoms with Gasteiger partial charge in [0.1, 0.15) is 0 Å². The standard InChI is InChI=1S/C80H60N4O2/c1-81-71-51-57(39-45-75(71)85-77-47-41-65(53-73(77)81)83(61-25-13-5-14-26-61)62-27-15-6-16-28-62)35-33-55-37-43-67-69(49-55)70-50-56(38-44-68(70)80(60-23-11-4-12-24-60)79(67)59-21-9-3-10-22-59)34-36-58-40-46-76-72(52-58)82(2)74-54-66(42-48-78(74)86-76)84(63-29-17-7-18-30-63)64-31-19-8-20-32-64/h3-7,9-19,21-54H,8,20H2,1-2H3/b35-33+,36-34+. The third-order valence-electron chi connectivity index (χ3n) is 16.8. The van der Waals surface area contributed by atoms with Gasteiger partial charge in [0.05, 0.1) is 22.7 Å². The molecule has 12 aromatic carbocycles. The molecule has 0 saturated carbocycles. The van der Waals surface area contributed by atoms with E-state index >= 15 is 0 Å². The number of hydrogen-bond acceptors (Lipinski definition) is 6. The summed E-state index contributed by atoms with van der Waals surface area (Å²) in [5.41, 5.74) is 19.8. The van der Waals surface area contributed by atoms with Crippen LogP contribution in [-0.2, 0) is 0 Å². The van der Waals surface area contributed by atoms with Crippen molar-refractivity contribution in [1.29, 1.82) is 0 Å². The van der Waals surface area contributed by atoms with Crippen molar-refractivity contribution in [2.24, 2.45) is 0 Å². The lowest BCUT2D eigenvalue weighted by Crippen LogP contribution is -2.19. The quantitative estimate of drug-likeness (QED) is 0.0895. The van der Waals surface area contributed by atoms with E-state index in [0.29, 0.717) is 0 Å². The first-order valence-corrected chi connectivity index (χ1v) is 29.5. The zero-order valence-electron chi connectivity index (χ0n) is 47.9. The molecule has 0 amide bonds. The van der Waals surface area contributed by atoms with Gasteiger partial charge in [-0.25, -0.2) is 0 Å². The van der Waals surface area contributed by atoms with Crippen LogP contribution in [0.1, 0.15) is 35.1 Å². The minimum Gasteiger partial charge on any atom is -0.453 e. The van der Waals surface area contributed by atoms with Crippen LogP contribution in [0.5, 0.6) is 23.0 Å². The van der Waals surface area contributed by atoms with Gasteiger partial charge < -0.3 is 29.1 Å². The van der Waals surface area contributed by atoms with Gasteiger partial charge in [0.2, 0.25) is 0 Å². The van der Waals surface area contributed by atoms with Gasteiger partial charge in [0, 0.05) is 48.2 Å². The third kappa shape index (κ3) is 9.73. The van der Waals surface area contributed by atoms with Crippen LogP contribution in [-0.4, -0.2) is 14.1 Å². The number of ether oxygens (including phenoxy) is 2. The molecular weight excluding hydrogens is 1050 g/mol. The maximum absolute atomic E-state index is 6.63. The van der Waals surface area contributed by atoms with Gasteiger partial charge in [-0.3, -0.25) is 0 Å². The molecule has 1 aliphatic carbocycles. The molecule has 6 nitrogen and oxygen atoms in total. The Morgan fingerprint density at radius 3 is 1.10 bits per heavy atom. The SMILES string of the molecule is CN1c2cc(/C=C/c3ccc4c(-c5ccccc5)c(-c5ccccc5)c5ccc(/C=C/c6ccc7c(c6)N(C)c6cc(N(c8ccccc8)c8ccccc8)ccc6O7)cc5c4c3)ccc2Oc2ccc(N(C3=CCCC=C3)c3ccccc3)cc21. The van der Waals surface area contributed by atoms with Gasteiger partial charge in [-0.15, -0.1) is 0 Å². The van der Waals surface area contributed by atoms with E-state index in [4.69, 9.17) is 9.47 Å². The Bertz CT molecular complexity index is 4630. The normalized spacial score (nSPS) is 13.2. The van der Waals surface area contributed by atoms with Crippen molar-refractivity contribution >= 4 is 97.0 Å². The van der Waals surface area contributed by atoms with Gasteiger partial charge in [-0.2, -0.15) is 0 Å². The lowest BCUT2D eigenvalue weighted by atomic mass is 9.84. The van der Waals surface area contributed by atoms with E-state index in [-0.39, 0.29) is 0 Å². The van der Waals surface area contributed by atoms with Crippen LogP contribution in [0.3, 0.4) is 0 Å². The van der Waals surface area contributed by atoms with Crippen LogP contribution in [0, 0.1) is 0 Å². The van der Waals surface area contributed by atoms with Gasteiger partial charge >= 0.3 is 0 Å². The highest BCUT2D eigenvalue weighted by atomic mass is 16.5. The Hall–Kier alpha value is -11.1. The lowest BCUT2D eigenvalue weighted by Gasteiger charge is -2.33. The van der Waals surface area contributed by atoms with Crippen LogP contribution in [0.4, 0.5) is 51.2 Å². The highest BCUT2D eigenvalue weighted by molar-refractivity contribution is 6.22. The summed E-state index contributed by atoms with van der Waals surface area (Å²) in [7, 11) is 4.26. The van der Waals surface area contributed by atoms with Crippen LogP contribution in [0.15, 0.2) is 285 Å². The fraction of sp³-hybridized carbons (Fsp3) is 0.0500. The van der Waals surface area contributed by atoms with E-state index in [1.165, 1.54) is 49.5 Å². The van der Waals surface area contributed by atoms with Crippen LogP contribution < -0.4 is 29.1 Å². The van der Waals surface area contributed by atoms with Gasteiger partial charge in [0.25, 0.3) is 0 Å². The van der Waals surface area contributed by atoms with Gasteiger partial charge in [-0.05, 0) is 194 Å². The van der Waals surface area contributed by atoms with E-state index in [9.17, 15) is 0 Å². The summed E-state index contributed by atoms with van der Waals surface area (Å²) >= 11 is 0. The van der Waals surface area contributed by atoms with Crippen molar-refractivity contribution in [1.82, 2.24) is 0 Å². The summed E-state index contributed by atoms with van der Waals surface area (Å²) in [6.07, 6.45) is 17.8. The average Bonchev–Trinajstić information content (AvgIpc) is 1.55. The van der Waals surface area contributed by atoms with Crippen molar-refractivity contribution in [3.63, 3.8) is 0 Å². The molecule has 6 heteroatoms. The summed E-state index contributed by atoms with van der Waals surface area (Å²) in [6.45, 7) is 0. The molecule has 0 saturated heterocycles. The second-order valence-corrected chi connectivity index (χ2v) is 22.1. The molecule has 2 aliphatic heterocycles. The maximum Gasteiger partial charge on any atom is 0.151 e. The molecule has 2 heterocycles. The average molecular weight is 1110 g/mol. The van der Waals surface area contributed by atoms with E-state index in [2.05, 4.69) is 337 Å². The fourth-order valence-electron chi connectivity index (χ4n) is 12.5. The second kappa shape index (κ2) is 22.2. The Morgan fingerprint density at radius 2 is 0.686 bits per heavy atom. The molecule has 3 aliphatic rings. The first-order chi connectivity index (χ1) is 42.5. The second-order valence-electron chi connectivity index (χ2n) is 22.1. The Labute approximate surface area is 502 Å². The number of para-hydroxylation sites is 3. The molecular formula is C80H60N4O2. The number of nitrogens with zero attached hydrogens (tertiary/aromatic N) is 4. The zero-order chi connectivity index (χ0) is 57.5. The Kier molecular flexibility index (Phi) is 13.4. The number of anilines is 9. The highest BCUT2D eigenvalue weighted by Crippen LogP contribution is 2.52. The lowest BCUT2D eigenvalue weighted by molar-refractivity contribution is 0.475. The Balaban J connectivity index is 0.771. The van der Waals surface area contributed by atoms with Crippen molar-refractivity contribution < 1.29 is 9.47 Å². The topological polar surface area (TPSA) is 31.4 Å². The molecule has 0 aromatic heterocycles. The number of hydrogen-bond donors (Lipinski definition) is 0. The number of fused-ring (bicyclic) bond motifs is 7. The summed E-state index contributed by atoms with van der Waals surface area (Å²) in [5, 5.41) is 4.78. The van der Waals surface area contributed by atoms with Crippen molar-refractivity contribution in [2.75, 3.05) is 33.7 Å². The van der Waals surface area contributed by atoms with E-state index in [0.717, 1.165) is 109 Å². The molecule has 0 spiro atoms. The monoisotopic (exact) mass is 1110 g/mol. The molecule has 0 N–H and O–H groups in total. The van der Waals surface area contributed by atoms with E-state index < -0.39 is 0 Å². The molecule has 15 rings (SSSR count). The summed E-state index contributed by atoms with van der Waals surface area (Å²) in [4.78, 5) is 9.12. The summed E-state index contributed by atoms with van der Waals surface area (Å²) in [5.74, 6) is 3.30. The van der Waals surface area contributed by atoms with Crippen molar-refractivity contribution in [2.45, 2.75) is 12.8 Å². The molecule has 0 fully saturated rings. The van der Waals surface area contributed by atoms with Crippen LogP contribution in [0.25, 0.3) is 68.1 Å². The van der Waals surface area contributed by atoms with Crippen LogP contribution >= 0.6 is 0 Å². The maximum atomic E-state index is 6.63. The number of rotatable bonds is 12. The minimum atomic E-state index is 0.819. The molecule has 0 bridgehead atoms. The van der Waals surface area contributed by atoms with Crippen molar-refractivity contribution in [3.05, 3.63) is 307 Å². The highest BCUT2D eigenvalue weighted by Gasteiger charge is 2.27. The van der Waals surface area contributed by atoms with E-state index in [1.807, 2.05) is 0 Å².